The molecule has 40 heavy (non-hydrogen) atoms. The number of ether oxygens (including phenoxy) is 1. The van der Waals surface area contributed by atoms with Crippen LogP contribution >= 0.6 is 0 Å². The zero-order chi connectivity index (χ0) is 28.7. The molecule has 11 heteroatoms. The van der Waals surface area contributed by atoms with E-state index in [4.69, 9.17) is 4.42 Å². The van der Waals surface area contributed by atoms with Gasteiger partial charge in [-0.05, 0) is 73.5 Å². The summed E-state index contributed by atoms with van der Waals surface area (Å²) in [6, 6.07) is 17.7. The van der Waals surface area contributed by atoms with E-state index in [0.717, 1.165) is 22.8 Å². The van der Waals surface area contributed by atoms with E-state index >= 15 is 0 Å². The molecule has 0 amide bonds. The molecule has 5 rings (SSSR count). The summed E-state index contributed by atoms with van der Waals surface area (Å²) < 4.78 is 74.7. The number of oxazole rings is 1. The molecular weight excluding hydrogens is 543 g/mol. The lowest BCUT2D eigenvalue weighted by molar-refractivity contribution is -0.274. The molecule has 0 saturated carbocycles. The summed E-state index contributed by atoms with van der Waals surface area (Å²) in [4.78, 5) is 9.08. The number of benzene rings is 3. The third kappa shape index (κ3) is 5.50. The fourth-order valence-corrected chi connectivity index (χ4v) is 5.39. The minimum absolute atomic E-state index is 0.0197. The smallest absolute Gasteiger partial charge is 0.443 e. The van der Waals surface area contributed by atoms with Gasteiger partial charge in [0.1, 0.15) is 17.3 Å². The van der Waals surface area contributed by atoms with Crippen LogP contribution in [0, 0.1) is 13.8 Å². The Morgan fingerprint density at radius 2 is 1.65 bits per heavy atom. The SMILES string of the molecule is CCS(=O)(=O)c1cccc(-c2ccc(-n3cc(C)nc3C)c(-c3ocnc3-c3ccc(OC(F)(F)F)cc3)c2)c1. The van der Waals surface area contributed by atoms with Crippen LogP contribution in [0.4, 0.5) is 13.2 Å². The van der Waals surface area contributed by atoms with Crippen molar-refractivity contribution in [3.63, 3.8) is 0 Å². The standard InChI is InChI=1S/C29H24F3N3O4S/c1-4-40(36,37)24-7-5-6-21(14-24)22-10-13-26(35-16-18(2)34-19(35)3)25(15-22)28-27(33-17-38-28)20-8-11-23(12-9-20)39-29(30,31)32/h5-17H,4H2,1-3H3. The van der Waals surface area contributed by atoms with Gasteiger partial charge in [-0.15, -0.1) is 13.2 Å². The summed E-state index contributed by atoms with van der Waals surface area (Å²) in [5.74, 6) is 0.741. The Morgan fingerprint density at radius 1 is 0.950 bits per heavy atom. The molecule has 0 atom stereocenters. The first-order valence-electron chi connectivity index (χ1n) is 12.3. The lowest BCUT2D eigenvalue weighted by atomic mass is 9.98. The van der Waals surface area contributed by atoms with Crippen LogP contribution in [0.5, 0.6) is 5.75 Å². The van der Waals surface area contributed by atoms with Crippen molar-refractivity contribution in [2.45, 2.75) is 32.0 Å². The average Bonchev–Trinajstić information content (AvgIpc) is 3.54. The quantitative estimate of drug-likeness (QED) is 0.207. The number of hydrogen-bond acceptors (Lipinski definition) is 6. The van der Waals surface area contributed by atoms with Crippen molar-refractivity contribution in [2.75, 3.05) is 5.75 Å². The zero-order valence-electron chi connectivity index (χ0n) is 21.7. The number of alkyl halides is 3. The van der Waals surface area contributed by atoms with E-state index < -0.39 is 16.2 Å². The minimum atomic E-state index is -4.80. The van der Waals surface area contributed by atoms with Gasteiger partial charge in [0.25, 0.3) is 0 Å². The molecule has 0 aliphatic heterocycles. The second-order valence-corrected chi connectivity index (χ2v) is 11.3. The molecule has 2 heterocycles. The number of aryl methyl sites for hydroxylation is 2. The predicted molar refractivity (Wildman–Crippen MR) is 144 cm³/mol. The van der Waals surface area contributed by atoms with Crippen molar-refractivity contribution >= 4 is 9.84 Å². The maximum Gasteiger partial charge on any atom is 0.573 e. The highest BCUT2D eigenvalue weighted by Crippen LogP contribution is 2.39. The molecule has 206 valence electrons. The molecule has 0 N–H and O–H groups in total. The zero-order valence-corrected chi connectivity index (χ0v) is 22.5. The van der Waals surface area contributed by atoms with Crippen LogP contribution in [0.3, 0.4) is 0 Å². The van der Waals surface area contributed by atoms with Crippen LogP contribution in [0.15, 0.2) is 88.6 Å². The highest BCUT2D eigenvalue weighted by atomic mass is 32.2. The Labute approximate surface area is 228 Å². The molecule has 0 radical (unpaired) electrons. The first-order valence-corrected chi connectivity index (χ1v) is 13.9. The maximum absolute atomic E-state index is 12.6. The normalized spacial score (nSPS) is 12.1. The number of sulfone groups is 1. The van der Waals surface area contributed by atoms with E-state index in [-0.39, 0.29) is 16.4 Å². The van der Waals surface area contributed by atoms with Gasteiger partial charge in [0, 0.05) is 17.3 Å². The molecule has 5 aromatic rings. The lowest BCUT2D eigenvalue weighted by Gasteiger charge is -2.14. The maximum atomic E-state index is 12.6. The van der Waals surface area contributed by atoms with Gasteiger partial charge in [-0.25, -0.2) is 18.4 Å². The fourth-order valence-electron chi connectivity index (χ4n) is 4.46. The van der Waals surface area contributed by atoms with Gasteiger partial charge in [0.2, 0.25) is 0 Å². The van der Waals surface area contributed by atoms with Crippen LogP contribution in [0.2, 0.25) is 0 Å². The number of hydrogen-bond donors (Lipinski definition) is 0. The molecule has 0 aliphatic rings. The van der Waals surface area contributed by atoms with Crippen LogP contribution in [-0.4, -0.2) is 35.1 Å². The summed E-state index contributed by atoms with van der Waals surface area (Å²) in [5, 5.41) is 0. The molecule has 0 saturated heterocycles. The average molecular weight is 568 g/mol. The highest BCUT2D eigenvalue weighted by molar-refractivity contribution is 7.91. The van der Waals surface area contributed by atoms with Gasteiger partial charge in [0.05, 0.1) is 22.0 Å². The summed E-state index contributed by atoms with van der Waals surface area (Å²) in [5.41, 5.74) is 4.52. The topological polar surface area (TPSA) is 87.2 Å². The summed E-state index contributed by atoms with van der Waals surface area (Å²) in [7, 11) is -3.42. The highest BCUT2D eigenvalue weighted by Gasteiger charge is 2.31. The summed E-state index contributed by atoms with van der Waals surface area (Å²) in [6.45, 7) is 5.34. The Morgan fingerprint density at radius 3 is 2.30 bits per heavy atom. The second-order valence-electron chi connectivity index (χ2n) is 9.06. The molecule has 0 spiro atoms. The number of halogens is 3. The molecule has 0 fully saturated rings. The number of imidazole rings is 1. The largest absolute Gasteiger partial charge is 0.573 e. The first-order chi connectivity index (χ1) is 18.9. The molecule has 0 bridgehead atoms. The molecule has 0 unspecified atom stereocenters. The van der Waals surface area contributed by atoms with Crippen LogP contribution in [0.1, 0.15) is 18.4 Å². The summed E-state index contributed by atoms with van der Waals surface area (Å²) >= 11 is 0. The monoisotopic (exact) mass is 567 g/mol. The van der Waals surface area contributed by atoms with Gasteiger partial charge in [0.15, 0.2) is 22.0 Å². The number of nitrogens with zero attached hydrogens (tertiary/aromatic N) is 3. The van der Waals surface area contributed by atoms with E-state index in [9.17, 15) is 21.6 Å². The molecule has 2 aromatic heterocycles. The minimum Gasteiger partial charge on any atom is -0.443 e. The van der Waals surface area contributed by atoms with E-state index in [2.05, 4.69) is 14.7 Å². The van der Waals surface area contributed by atoms with Crippen molar-refractivity contribution < 1.29 is 30.7 Å². The van der Waals surface area contributed by atoms with Crippen LogP contribution in [-0.2, 0) is 9.84 Å². The number of aromatic nitrogens is 3. The second kappa shape index (κ2) is 10.3. The first kappa shape index (κ1) is 27.2. The third-order valence-electron chi connectivity index (χ3n) is 6.34. The van der Waals surface area contributed by atoms with Gasteiger partial charge in [-0.3, -0.25) is 0 Å². The number of rotatable bonds is 7. The third-order valence-corrected chi connectivity index (χ3v) is 8.07. The van der Waals surface area contributed by atoms with E-state index in [1.807, 2.05) is 48.9 Å². The summed E-state index contributed by atoms with van der Waals surface area (Å²) in [6.07, 6.45) is -1.66. The van der Waals surface area contributed by atoms with Gasteiger partial charge in [-0.1, -0.05) is 25.1 Å². The van der Waals surface area contributed by atoms with Gasteiger partial charge >= 0.3 is 6.36 Å². The molecule has 7 nitrogen and oxygen atoms in total. The van der Waals surface area contributed by atoms with Crippen LogP contribution < -0.4 is 4.74 Å². The molecular formula is C29H24F3N3O4S. The Kier molecular flexibility index (Phi) is 7.01. The predicted octanol–water partition coefficient (Wildman–Crippen LogP) is 7.17. The van der Waals surface area contributed by atoms with Crippen molar-refractivity contribution in [3.05, 3.63) is 90.8 Å². The van der Waals surface area contributed by atoms with Crippen molar-refractivity contribution in [1.29, 1.82) is 0 Å². The van der Waals surface area contributed by atoms with Crippen LogP contribution in [0.25, 0.3) is 39.4 Å². The van der Waals surface area contributed by atoms with Gasteiger partial charge < -0.3 is 13.7 Å². The van der Waals surface area contributed by atoms with Gasteiger partial charge in [-0.2, -0.15) is 0 Å². The van der Waals surface area contributed by atoms with Crippen molar-refractivity contribution in [3.8, 4) is 45.1 Å². The Hall–Kier alpha value is -4.38. The molecule has 0 aliphatic carbocycles. The van der Waals surface area contributed by atoms with Crippen molar-refractivity contribution in [1.82, 2.24) is 14.5 Å². The Balaban J connectivity index is 1.66. The van der Waals surface area contributed by atoms with Crippen molar-refractivity contribution in [2.24, 2.45) is 0 Å². The van der Waals surface area contributed by atoms with E-state index in [0.29, 0.717) is 28.1 Å². The van der Waals surface area contributed by atoms with E-state index in [1.165, 1.54) is 30.7 Å². The lowest BCUT2D eigenvalue weighted by Crippen LogP contribution is -2.16. The molecule has 3 aromatic carbocycles. The Bertz CT molecular complexity index is 1790. The van der Waals surface area contributed by atoms with E-state index in [1.54, 1.807) is 25.1 Å². The fraction of sp³-hybridized carbons (Fsp3) is 0.172.